The van der Waals surface area contributed by atoms with Gasteiger partial charge in [0.2, 0.25) is 0 Å². The monoisotopic (exact) mass is 257 g/mol. The lowest BCUT2D eigenvalue weighted by Gasteiger charge is -2.07. The van der Waals surface area contributed by atoms with Gasteiger partial charge in [0.05, 0.1) is 18.4 Å². The van der Waals surface area contributed by atoms with Crippen LogP contribution in [0, 0.1) is 0 Å². The van der Waals surface area contributed by atoms with Crippen molar-refractivity contribution >= 4 is 23.4 Å². The van der Waals surface area contributed by atoms with E-state index >= 15 is 0 Å². The summed E-state index contributed by atoms with van der Waals surface area (Å²) in [6.45, 7) is 0. The van der Waals surface area contributed by atoms with E-state index in [2.05, 4.69) is 5.32 Å². The van der Waals surface area contributed by atoms with E-state index in [-0.39, 0.29) is 5.91 Å². The molecule has 1 heterocycles. The van der Waals surface area contributed by atoms with Gasteiger partial charge in [-0.3, -0.25) is 4.79 Å². The van der Waals surface area contributed by atoms with Crippen molar-refractivity contribution in [3.8, 4) is 5.75 Å². The van der Waals surface area contributed by atoms with Gasteiger partial charge in [-0.2, -0.15) is 0 Å². The molecule has 1 N–H and O–H groups in total. The molecular formula is C14H11NO2S. The molecule has 0 atom stereocenters. The first-order valence-electron chi connectivity index (χ1n) is 5.54. The molecule has 0 aromatic heterocycles. The minimum absolute atomic E-state index is 0.0676. The number of fused-ring (bicyclic) bond motifs is 2. The Bertz CT molecular complexity index is 625. The van der Waals surface area contributed by atoms with Gasteiger partial charge in [0, 0.05) is 9.79 Å². The molecule has 18 heavy (non-hydrogen) atoms. The molecule has 2 aromatic carbocycles. The number of carbonyl (C=O) groups is 1. The van der Waals surface area contributed by atoms with Crippen LogP contribution in [0.4, 0.5) is 5.69 Å². The zero-order valence-electron chi connectivity index (χ0n) is 9.77. The van der Waals surface area contributed by atoms with Crippen molar-refractivity contribution in [1.29, 1.82) is 0 Å². The van der Waals surface area contributed by atoms with Crippen LogP contribution in [0.15, 0.2) is 52.3 Å². The number of amides is 1. The first-order chi connectivity index (χ1) is 8.78. The number of anilines is 1. The standard InChI is InChI=1S/C14H11NO2S/c1-17-9-6-7-11-13(8-9)18-12-5-3-2-4-10(12)14(16)15-11/h2-8H,1H3,(H,15,16). The zero-order valence-corrected chi connectivity index (χ0v) is 10.6. The van der Waals surface area contributed by atoms with Gasteiger partial charge < -0.3 is 10.1 Å². The first kappa shape index (κ1) is 11.2. The van der Waals surface area contributed by atoms with Crippen LogP contribution in [0.5, 0.6) is 5.75 Å². The second kappa shape index (κ2) is 4.38. The molecule has 1 aliphatic rings. The molecule has 3 rings (SSSR count). The molecular weight excluding hydrogens is 246 g/mol. The maximum Gasteiger partial charge on any atom is 0.256 e. The molecule has 4 heteroatoms. The highest BCUT2D eigenvalue weighted by Gasteiger charge is 2.19. The molecule has 1 aliphatic heterocycles. The van der Waals surface area contributed by atoms with Crippen molar-refractivity contribution in [2.45, 2.75) is 9.79 Å². The van der Waals surface area contributed by atoms with Crippen molar-refractivity contribution in [2.75, 3.05) is 12.4 Å². The third-order valence-electron chi connectivity index (χ3n) is 2.79. The predicted octanol–water partition coefficient (Wildman–Crippen LogP) is 3.41. The van der Waals surface area contributed by atoms with Crippen LogP contribution in [0.2, 0.25) is 0 Å². The van der Waals surface area contributed by atoms with Crippen molar-refractivity contribution < 1.29 is 9.53 Å². The van der Waals surface area contributed by atoms with E-state index in [0.29, 0.717) is 5.56 Å². The molecule has 0 radical (unpaired) electrons. The average Bonchev–Trinajstić information content (AvgIpc) is 2.54. The minimum Gasteiger partial charge on any atom is -0.497 e. The fourth-order valence-electron chi connectivity index (χ4n) is 1.87. The topological polar surface area (TPSA) is 38.3 Å². The van der Waals surface area contributed by atoms with Crippen molar-refractivity contribution in [2.24, 2.45) is 0 Å². The summed E-state index contributed by atoms with van der Waals surface area (Å²) in [4.78, 5) is 14.0. The Morgan fingerprint density at radius 3 is 2.78 bits per heavy atom. The summed E-state index contributed by atoms with van der Waals surface area (Å²) in [6.07, 6.45) is 0. The molecule has 2 aromatic rings. The number of rotatable bonds is 1. The number of carbonyl (C=O) groups excluding carboxylic acids is 1. The Balaban J connectivity index is 2.13. The first-order valence-corrected chi connectivity index (χ1v) is 6.36. The molecule has 0 bridgehead atoms. The summed E-state index contributed by atoms with van der Waals surface area (Å²) in [5.74, 6) is 0.719. The Labute approximate surface area is 109 Å². The van der Waals surface area contributed by atoms with Crippen LogP contribution in [0.25, 0.3) is 0 Å². The predicted molar refractivity (Wildman–Crippen MR) is 71.5 cm³/mol. The number of ether oxygens (including phenoxy) is 1. The van der Waals surface area contributed by atoms with Crippen molar-refractivity contribution in [3.05, 3.63) is 48.0 Å². The second-order valence-electron chi connectivity index (χ2n) is 3.91. The Hall–Kier alpha value is -1.94. The molecule has 0 fully saturated rings. The summed E-state index contributed by atoms with van der Waals surface area (Å²) in [5.41, 5.74) is 1.53. The molecule has 0 saturated carbocycles. The van der Waals surface area contributed by atoms with Crippen LogP contribution in [0.3, 0.4) is 0 Å². The largest absolute Gasteiger partial charge is 0.497 e. The Kier molecular flexibility index (Phi) is 2.72. The summed E-state index contributed by atoms with van der Waals surface area (Å²) in [7, 11) is 1.63. The molecule has 90 valence electrons. The van der Waals surface area contributed by atoms with Gasteiger partial charge >= 0.3 is 0 Å². The Morgan fingerprint density at radius 2 is 1.94 bits per heavy atom. The summed E-state index contributed by atoms with van der Waals surface area (Å²) < 4.78 is 5.21. The van der Waals surface area contributed by atoms with Crippen LogP contribution in [-0.2, 0) is 0 Å². The lowest BCUT2D eigenvalue weighted by atomic mass is 10.2. The molecule has 0 spiro atoms. The third-order valence-corrected chi connectivity index (χ3v) is 3.92. The van der Waals surface area contributed by atoms with E-state index in [1.807, 2.05) is 42.5 Å². The van der Waals surface area contributed by atoms with Gasteiger partial charge in [0.15, 0.2) is 0 Å². The summed E-state index contributed by atoms with van der Waals surface area (Å²) in [5, 5.41) is 2.91. The number of hydrogen-bond acceptors (Lipinski definition) is 3. The number of nitrogens with one attached hydrogen (secondary N) is 1. The SMILES string of the molecule is COc1ccc2c(c1)Sc1ccccc1C(=O)N2. The van der Waals surface area contributed by atoms with E-state index in [0.717, 1.165) is 21.2 Å². The molecule has 3 nitrogen and oxygen atoms in total. The van der Waals surface area contributed by atoms with Crippen molar-refractivity contribution in [3.63, 3.8) is 0 Å². The van der Waals surface area contributed by atoms with Gasteiger partial charge in [-0.05, 0) is 30.3 Å². The lowest BCUT2D eigenvalue weighted by molar-refractivity contribution is 0.102. The van der Waals surface area contributed by atoms with Crippen LogP contribution >= 0.6 is 11.8 Å². The van der Waals surface area contributed by atoms with Gasteiger partial charge in [-0.15, -0.1) is 0 Å². The Morgan fingerprint density at radius 1 is 1.11 bits per heavy atom. The highest BCUT2D eigenvalue weighted by molar-refractivity contribution is 7.99. The summed E-state index contributed by atoms with van der Waals surface area (Å²) >= 11 is 1.57. The van der Waals surface area contributed by atoms with Gasteiger partial charge in [-0.25, -0.2) is 0 Å². The second-order valence-corrected chi connectivity index (χ2v) is 5.00. The highest BCUT2D eigenvalue weighted by atomic mass is 32.2. The fourth-order valence-corrected chi connectivity index (χ4v) is 2.93. The maximum atomic E-state index is 12.1. The van der Waals surface area contributed by atoms with E-state index in [4.69, 9.17) is 4.74 Å². The van der Waals surface area contributed by atoms with Crippen LogP contribution in [-0.4, -0.2) is 13.0 Å². The van der Waals surface area contributed by atoms with Gasteiger partial charge in [-0.1, -0.05) is 23.9 Å². The number of benzene rings is 2. The van der Waals surface area contributed by atoms with E-state index in [1.54, 1.807) is 18.9 Å². The average molecular weight is 257 g/mol. The molecule has 0 unspecified atom stereocenters. The van der Waals surface area contributed by atoms with E-state index in [9.17, 15) is 4.79 Å². The number of hydrogen-bond donors (Lipinski definition) is 1. The maximum absolute atomic E-state index is 12.1. The third kappa shape index (κ3) is 1.84. The fraction of sp³-hybridized carbons (Fsp3) is 0.0714. The molecule has 0 saturated heterocycles. The summed E-state index contributed by atoms with van der Waals surface area (Å²) in [6, 6.07) is 13.2. The number of methoxy groups -OCH3 is 1. The minimum atomic E-state index is -0.0676. The van der Waals surface area contributed by atoms with Crippen LogP contribution in [0.1, 0.15) is 10.4 Å². The van der Waals surface area contributed by atoms with Crippen LogP contribution < -0.4 is 10.1 Å². The lowest BCUT2D eigenvalue weighted by Crippen LogP contribution is -2.11. The molecule has 0 aliphatic carbocycles. The van der Waals surface area contributed by atoms with Crippen molar-refractivity contribution in [1.82, 2.24) is 0 Å². The van der Waals surface area contributed by atoms with E-state index < -0.39 is 0 Å². The highest BCUT2D eigenvalue weighted by Crippen LogP contribution is 2.40. The normalized spacial score (nSPS) is 13.1. The van der Waals surface area contributed by atoms with Gasteiger partial charge in [0.1, 0.15) is 5.75 Å². The molecule has 1 amide bonds. The van der Waals surface area contributed by atoms with E-state index in [1.165, 1.54) is 0 Å². The van der Waals surface area contributed by atoms with Gasteiger partial charge in [0.25, 0.3) is 5.91 Å². The smallest absolute Gasteiger partial charge is 0.256 e. The zero-order chi connectivity index (χ0) is 12.5. The quantitative estimate of drug-likeness (QED) is 0.850.